The number of carbonyl (C=O) groups is 1. The van der Waals surface area contributed by atoms with E-state index in [4.69, 9.17) is 28.8 Å². The van der Waals surface area contributed by atoms with Crippen LogP contribution in [0.3, 0.4) is 0 Å². The van der Waals surface area contributed by atoms with Crippen LogP contribution < -0.4 is 15.5 Å². The Labute approximate surface area is 193 Å². The van der Waals surface area contributed by atoms with E-state index in [1.54, 1.807) is 18.0 Å². The first-order valence-corrected chi connectivity index (χ1v) is 11.2. The Balaban J connectivity index is 1.73. The predicted molar refractivity (Wildman–Crippen MR) is 129 cm³/mol. The van der Waals surface area contributed by atoms with Crippen molar-refractivity contribution in [3.63, 3.8) is 0 Å². The molecule has 0 saturated carbocycles. The quantitative estimate of drug-likeness (QED) is 0.678. The van der Waals surface area contributed by atoms with Gasteiger partial charge in [0, 0.05) is 60.6 Å². The third-order valence-electron chi connectivity index (χ3n) is 5.82. The minimum atomic E-state index is -0.712. The maximum absolute atomic E-state index is 13.4. The van der Waals surface area contributed by atoms with Gasteiger partial charge in [0.1, 0.15) is 0 Å². The van der Waals surface area contributed by atoms with E-state index < -0.39 is 6.17 Å². The monoisotopic (exact) mass is 456 g/mol. The van der Waals surface area contributed by atoms with E-state index in [1.165, 1.54) is 0 Å². The van der Waals surface area contributed by atoms with Gasteiger partial charge in [-0.2, -0.15) is 0 Å². The van der Waals surface area contributed by atoms with Crippen LogP contribution in [0.2, 0.25) is 5.02 Å². The maximum Gasteiger partial charge on any atom is 0.309 e. The molecule has 2 aliphatic rings. The van der Waals surface area contributed by atoms with E-state index in [9.17, 15) is 4.79 Å². The highest BCUT2D eigenvalue weighted by molar-refractivity contribution is 7.79. The zero-order valence-electron chi connectivity index (χ0n) is 17.9. The summed E-state index contributed by atoms with van der Waals surface area (Å²) in [6, 6.07) is 16.0. The van der Waals surface area contributed by atoms with E-state index in [2.05, 4.69) is 24.1 Å². The first kappa shape index (κ1) is 21.9. The number of nitrogens with one attached hydrogen (secondary N) is 1. The van der Waals surface area contributed by atoms with Gasteiger partial charge in [-0.15, -0.1) is 0 Å². The van der Waals surface area contributed by atoms with Crippen LogP contribution in [-0.4, -0.2) is 60.0 Å². The highest BCUT2D eigenvalue weighted by Gasteiger charge is 2.36. The Bertz CT molecular complexity index is 1030. The van der Waals surface area contributed by atoms with Crippen molar-refractivity contribution >= 4 is 46.2 Å². The van der Waals surface area contributed by atoms with Gasteiger partial charge < -0.3 is 15.1 Å². The van der Waals surface area contributed by atoms with Gasteiger partial charge in [0.25, 0.3) is 11.3 Å². The van der Waals surface area contributed by atoms with Gasteiger partial charge >= 0.3 is 5.91 Å². The molecule has 8 heteroatoms. The summed E-state index contributed by atoms with van der Waals surface area (Å²) < 4.78 is 0. The van der Waals surface area contributed by atoms with Gasteiger partial charge in [0.15, 0.2) is 0 Å². The highest BCUT2D eigenvalue weighted by Crippen LogP contribution is 2.29. The number of nitrogens with zero attached hydrogens (tertiary/aromatic N) is 3. The lowest BCUT2D eigenvalue weighted by atomic mass is 10.0. The van der Waals surface area contributed by atoms with E-state index >= 15 is 0 Å². The Kier molecular flexibility index (Phi) is 6.39. The van der Waals surface area contributed by atoms with Gasteiger partial charge in [-0.25, -0.2) is 4.99 Å². The van der Waals surface area contributed by atoms with Gasteiger partial charge in [0.2, 0.25) is 0 Å². The van der Waals surface area contributed by atoms with Crippen molar-refractivity contribution in [2.24, 2.45) is 4.99 Å². The fourth-order valence-corrected chi connectivity index (χ4v) is 4.62. The molecule has 4 rings (SSSR count). The normalized spacial score (nSPS) is 23.8. The van der Waals surface area contributed by atoms with E-state index in [1.807, 2.05) is 47.8 Å². The third-order valence-corrected chi connectivity index (χ3v) is 6.43. The molecular weight excluding hydrogens is 430 g/mol. The average molecular weight is 457 g/mol. The Hall–Kier alpha value is -2.32. The number of benzene rings is 2. The van der Waals surface area contributed by atoms with Gasteiger partial charge in [0.05, 0.1) is 11.4 Å². The third kappa shape index (κ3) is 4.50. The van der Waals surface area contributed by atoms with Crippen LogP contribution >= 0.6 is 23.8 Å². The molecule has 2 aromatic rings. The molecule has 162 valence electrons. The molecule has 3 atom stereocenters. The SMILES string of the molecule is CC1CN(C(=S)[NH2+]C2N=C(c3ccccc3)c3cc(Cl)ccc3N(C)C2=O)C(C)CN1. The molecule has 1 amide bonds. The molecule has 3 N–H and O–H groups in total. The summed E-state index contributed by atoms with van der Waals surface area (Å²) in [5, 5.41) is 6.54. The average Bonchev–Trinajstić information content (AvgIpc) is 2.86. The summed E-state index contributed by atoms with van der Waals surface area (Å²) in [7, 11) is 1.78. The standard InChI is InChI=1S/C23H26ClN5OS/c1-14-13-29(15(2)12-25-14)23(31)27-21-22(30)28(3)19-10-9-17(24)11-18(19)20(26-21)16-7-5-4-6-8-16/h4-11,14-15,21,25H,12-13H2,1-3H3,(H,27,31)/p+1. The number of aliphatic imine (C=N–C) groups is 1. The van der Waals surface area contributed by atoms with E-state index in [-0.39, 0.29) is 11.9 Å². The molecule has 31 heavy (non-hydrogen) atoms. The Morgan fingerprint density at radius 2 is 1.97 bits per heavy atom. The molecular formula is C23H27ClN5OS+. The molecule has 2 heterocycles. The van der Waals surface area contributed by atoms with Crippen LogP contribution in [0.4, 0.5) is 5.69 Å². The second kappa shape index (κ2) is 9.04. The van der Waals surface area contributed by atoms with Crippen molar-refractivity contribution in [2.45, 2.75) is 32.1 Å². The molecule has 3 unspecified atom stereocenters. The van der Waals surface area contributed by atoms with Crippen molar-refractivity contribution in [3.05, 3.63) is 64.7 Å². The molecule has 2 aromatic carbocycles. The van der Waals surface area contributed by atoms with Crippen LogP contribution in [0, 0.1) is 0 Å². The van der Waals surface area contributed by atoms with Crippen molar-refractivity contribution in [1.29, 1.82) is 0 Å². The molecule has 6 nitrogen and oxygen atoms in total. The predicted octanol–water partition coefficient (Wildman–Crippen LogP) is 2.01. The molecule has 0 bridgehead atoms. The highest BCUT2D eigenvalue weighted by atomic mass is 35.5. The smallest absolute Gasteiger partial charge is 0.309 e. The van der Waals surface area contributed by atoms with E-state index in [0.717, 1.165) is 35.6 Å². The number of anilines is 1. The number of fused-ring (bicyclic) bond motifs is 1. The summed E-state index contributed by atoms with van der Waals surface area (Å²) >= 11 is 12.1. The van der Waals surface area contributed by atoms with Crippen LogP contribution in [0.5, 0.6) is 0 Å². The zero-order chi connectivity index (χ0) is 22.1. The lowest BCUT2D eigenvalue weighted by Crippen LogP contribution is -2.98. The Morgan fingerprint density at radius 1 is 1.23 bits per heavy atom. The lowest BCUT2D eigenvalue weighted by molar-refractivity contribution is -0.570. The first-order valence-electron chi connectivity index (χ1n) is 10.4. The molecule has 1 fully saturated rings. The lowest BCUT2D eigenvalue weighted by Gasteiger charge is -2.37. The molecule has 2 aliphatic heterocycles. The number of amides is 1. The van der Waals surface area contributed by atoms with Gasteiger partial charge in [-0.3, -0.25) is 10.1 Å². The largest absolute Gasteiger partial charge is 0.313 e. The number of thiocarbonyl (C=S) groups is 1. The second-order valence-corrected chi connectivity index (χ2v) is 9.02. The number of halogens is 1. The minimum absolute atomic E-state index is 0.118. The van der Waals surface area contributed by atoms with Crippen LogP contribution in [0.25, 0.3) is 0 Å². The molecule has 1 saturated heterocycles. The number of piperazine rings is 1. The van der Waals surface area contributed by atoms with Crippen molar-refractivity contribution < 1.29 is 10.1 Å². The fourth-order valence-electron chi connectivity index (χ4n) is 4.07. The Morgan fingerprint density at radius 3 is 2.71 bits per heavy atom. The number of carbonyl (C=O) groups excluding carboxylic acids is 1. The number of hydrogen-bond acceptors (Lipinski definition) is 4. The van der Waals surface area contributed by atoms with Gasteiger partial charge in [-0.05, 0) is 32.0 Å². The summed E-state index contributed by atoms with van der Waals surface area (Å²) in [6.07, 6.45) is -0.712. The number of hydrogen-bond donors (Lipinski definition) is 2. The fraction of sp³-hybridized carbons (Fsp3) is 0.348. The molecule has 0 aromatic heterocycles. The van der Waals surface area contributed by atoms with E-state index in [0.29, 0.717) is 16.2 Å². The number of benzodiazepines with no additional fused rings is 1. The summed E-state index contributed by atoms with van der Waals surface area (Å²) in [5.74, 6) is -0.118. The van der Waals surface area contributed by atoms with Crippen molar-refractivity contribution in [2.75, 3.05) is 25.0 Å². The van der Waals surface area contributed by atoms with Crippen LogP contribution in [-0.2, 0) is 4.79 Å². The number of rotatable bonds is 2. The summed E-state index contributed by atoms with van der Waals surface area (Å²) in [6.45, 7) is 5.93. The topological polar surface area (TPSA) is 64.5 Å². The van der Waals surface area contributed by atoms with Crippen LogP contribution in [0.15, 0.2) is 53.5 Å². The second-order valence-electron chi connectivity index (χ2n) is 8.16. The summed E-state index contributed by atoms with van der Waals surface area (Å²) in [5.41, 5.74) is 3.28. The van der Waals surface area contributed by atoms with Crippen molar-refractivity contribution in [1.82, 2.24) is 10.2 Å². The minimum Gasteiger partial charge on any atom is -0.313 e. The van der Waals surface area contributed by atoms with Gasteiger partial charge in [-0.1, -0.05) is 41.9 Å². The molecule has 0 radical (unpaired) electrons. The summed E-state index contributed by atoms with van der Waals surface area (Å²) in [4.78, 5) is 22.1. The first-order chi connectivity index (χ1) is 14.8. The molecule has 0 spiro atoms. The number of nitrogens with two attached hydrogens (primary N) is 1. The maximum atomic E-state index is 13.4. The van der Waals surface area contributed by atoms with Crippen LogP contribution in [0.1, 0.15) is 25.0 Å². The number of likely N-dealkylation sites (N-methyl/N-ethyl adjacent to an activating group) is 1. The van der Waals surface area contributed by atoms with Crippen molar-refractivity contribution in [3.8, 4) is 0 Å². The molecule has 0 aliphatic carbocycles. The number of quaternary nitrogens is 1. The zero-order valence-corrected chi connectivity index (χ0v) is 19.5.